The molecule has 4 rings (SSSR count). The molecule has 2 aliphatic rings. The first kappa shape index (κ1) is 12.6. The van der Waals surface area contributed by atoms with Crippen LogP contribution >= 0.6 is 11.3 Å². The lowest BCUT2D eigenvalue weighted by Crippen LogP contribution is -2.38. The van der Waals surface area contributed by atoms with Crippen molar-refractivity contribution in [2.24, 2.45) is 0 Å². The number of rotatable bonds is 2. The maximum absolute atomic E-state index is 3.57. The fraction of sp³-hybridized carbons (Fsp3) is 0.412. The van der Waals surface area contributed by atoms with Crippen molar-refractivity contribution in [1.82, 2.24) is 10.2 Å². The molecule has 2 aliphatic heterocycles. The first-order valence-electron chi connectivity index (χ1n) is 7.46. The SMILES string of the molecule is c1ccc2c(c1)CNCC2CN1CCc2sccc2C1. The van der Waals surface area contributed by atoms with Crippen molar-refractivity contribution >= 4 is 11.3 Å². The predicted molar refractivity (Wildman–Crippen MR) is 84.2 cm³/mol. The molecule has 1 N–H and O–H groups in total. The van der Waals surface area contributed by atoms with Crippen LogP contribution in [0.2, 0.25) is 0 Å². The third kappa shape index (κ3) is 2.30. The van der Waals surface area contributed by atoms with Gasteiger partial charge in [0.2, 0.25) is 0 Å². The zero-order valence-corrected chi connectivity index (χ0v) is 12.5. The molecular formula is C17H20N2S. The Bertz CT molecular complexity index is 605. The molecule has 1 aromatic heterocycles. The summed E-state index contributed by atoms with van der Waals surface area (Å²) in [5, 5.41) is 5.81. The molecule has 0 bridgehead atoms. The second-order valence-electron chi connectivity index (χ2n) is 5.88. The van der Waals surface area contributed by atoms with Gasteiger partial charge in [0, 0.05) is 43.5 Å². The van der Waals surface area contributed by atoms with Gasteiger partial charge in [0.1, 0.15) is 0 Å². The fourth-order valence-corrected chi connectivity index (χ4v) is 4.41. The van der Waals surface area contributed by atoms with E-state index in [2.05, 4.69) is 45.9 Å². The lowest BCUT2D eigenvalue weighted by atomic mass is 9.90. The Morgan fingerprint density at radius 2 is 2.15 bits per heavy atom. The Morgan fingerprint density at radius 3 is 3.15 bits per heavy atom. The monoisotopic (exact) mass is 284 g/mol. The normalized spacial score (nSPS) is 22.3. The molecule has 0 fully saturated rings. The molecule has 0 aliphatic carbocycles. The summed E-state index contributed by atoms with van der Waals surface area (Å²) in [5.41, 5.74) is 4.60. The number of nitrogens with zero attached hydrogens (tertiary/aromatic N) is 1. The van der Waals surface area contributed by atoms with Gasteiger partial charge in [0.25, 0.3) is 0 Å². The maximum atomic E-state index is 3.57. The number of fused-ring (bicyclic) bond motifs is 2. The topological polar surface area (TPSA) is 15.3 Å². The standard InChI is InChI=1S/C17H20N2S/c1-2-4-16-13(3-1)9-18-10-15(16)12-19-7-5-17-14(11-19)6-8-20-17/h1-4,6,8,15,18H,5,7,9-12H2. The Morgan fingerprint density at radius 1 is 1.20 bits per heavy atom. The first-order valence-corrected chi connectivity index (χ1v) is 8.34. The van der Waals surface area contributed by atoms with Crippen LogP contribution in [0.25, 0.3) is 0 Å². The van der Waals surface area contributed by atoms with Gasteiger partial charge in [-0.25, -0.2) is 0 Å². The highest BCUT2D eigenvalue weighted by molar-refractivity contribution is 7.10. The van der Waals surface area contributed by atoms with Crippen molar-refractivity contribution < 1.29 is 0 Å². The van der Waals surface area contributed by atoms with E-state index >= 15 is 0 Å². The molecule has 1 unspecified atom stereocenters. The summed E-state index contributed by atoms with van der Waals surface area (Å²) >= 11 is 1.92. The average Bonchev–Trinajstić information content (AvgIpc) is 2.95. The van der Waals surface area contributed by atoms with Crippen molar-refractivity contribution in [2.75, 3.05) is 19.6 Å². The van der Waals surface area contributed by atoms with Crippen molar-refractivity contribution in [3.63, 3.8) is 0 Å². The maximum Gasteiger partial charge on any atom is 0.0245 e. The average molecular weight is 284 g/mol. The van der Waals surface area contributed by atoms with Crippen LogP contribution in [0.1, 0.15) is 27.5 Å². The number of thiophene rings is 1. The minimum absolute atomic E-state index is 0.639. The zero-order valence-electron chi connectivity index (χ0n) is 11.6. The van der Waals surface area contributed by atoms with Gasteiger partial charge in [-0.3, -0.25) is 4.90 Å². The molecule has 3 heteroatoms. The van der Waals surface area contributed by atoms with Crippen LogP contribution in [0.3, 0.4) is 0 Å². The molecule has 2 nitrogen and oxygen atoms in total. The molecule has 0 saturated carbocycles. The van der Waals surface area contributed by atoms with E-state index in [-0.39, 0.29) is 0 Å². The van der Waals surface area contributed by atoms with E-state index in [1.54, 1.807) is 16.0 Å². The number of hydrogen-bond acceptors (Lipinski definition) is 3. The van der Waals surface area contributed by atoms with Crippen molar-refractivity contribution in [3.8, 4) is 0 Å². The van der Waals surface area contributed by atoms with Crippen LogP contribution in [0, 0.1) is 0 Å². The molecule has 3 heterocycles. The molecular weight excluding hydrogens is 264 g/mol. The van der Waals surface area contributed by atoms with Crippen LogP contribution in [0.5, 0.6) is 0 Å². The van der Waals surface area contributed by atoms with Crippen LogP contribution in [-0.4, -0.2) is 24.5 Å². The number of hydrogen-bond donors (Lipinski definition) is 1. The second kappa shape index (κ2) is 5.32. The highest BCUT2D eigenvalue weighted by Crippen LogP contribution is 2.28. The summed E-state index contributed by atoms with van der Waals surface area (Å²) in [6.07, 6.45) is 1.23. The van der Waals surface area contributed by atoms with Gasteiger partial charge in [-0.2, -0.15) is 0 Å². The zero-order chi connectivity index (χ0) is 13.4. The highest BCUT2D eigenvalue weighted by atomic mass is 32.1. The van der Waals surface area contributed by atoms with Gasteiger partial charge in [-0.1, -0.05) is 24.3 Å². The molecule has 1 aromatic carbocycles. The molecule has 1 atom stereocenters. The van der Waals surface area contributed by atoms with E-state index in [1.165, 1.54) is 25.1 Å². The van der Waals surface area contributed by atoms with Gasteiger partial charge < -0.3 is 5.32 Å². The molecule has 0 saturated heterocycles. The van der Waals surface area contributed by atoms with Gasteiger partial charge >= 0.3 is 0 Å². The third-order valence-corrected chi connectivity index (χ3v) is 5.59. The molecule has 0 spiro atoms. The van der Waals surface area contributed by atoms with Crippen LogP contribution in [-0.2, 0) is 19.5 Å². The van der Waals surface area contributed by atoms with E-state index in [0.717, 1.165) is 19.6 Å². The van der Waals surface area contributed by atoms with Gasteiger partial charge in [-0.05, 0) is 34.6 Å². The van der Waals surface area contributed by atoms with Crippen molar-refractivity contribution in [3.05, 3.63) is 57.3 Å². The summed E-state index contributed by atoms with van der Waals surface area (Å²) in [6, 6.07) is 11.2. The van der Waals surface area contributed by atoms with E-state index in [1.807, 2.05) is 11.3 Å². The van der Waals surface area contributed by atoms with Gasteiger partial charge in [0.05, 0.1) is 0 Å². The quantitative estimate of drug-likeness (QED) is 0.912. The summed E-state index contributed by atoms with van der Waals surface area (Å²) < 4.78 is 0. The number of benzene rings is 1. The van der Waals surface area contributed by atoms with Crippen molar-refractivity contribution in [1.29, 1.82) is 0 Å². The van der Waals surface area contributed by atoms with Gasteiger partial charge in [0.15, 0.2) is 0 Å². The van der Waals surface area contributed by atoms with E-state index < -0.39 is 0 Å². The Labute approximate surface area is 124 Å². The number of nitrogens with one attached hydrogen (secondary N) is 1. The summed E-state index contributed by atoms with van der Waals surface area (Å²) in [4.78, 5) is 4.23. The van der Waals surface area contributed by atoms with E-state index in [0.29, 0.717) is 5.92 Å². The largest absolute Gasteiger partial charge is 0.312 e. The second-order valence-corrected chi connectivity index (χ2v) is 6.88. The fourth-order valence-electron chi connectivity index (χ4n) is 3.52. The minimum Gasteiger partial charge on any atom is -0.312 e. The van der Waals surface area contributed by atoms with E-state index in [9.17, 15) is 0 Å². The van der Waals surface area contributed by atoms with Crippen LogP contribution in [0.15, 0.2) is 35.7 Å². The van der Waals surface area contributed by atoms with Crippen LogP contribution in [0.4, 0.5) is 0 Å². The summed E-state index contributed by atoms with van der Waals surface area (Å²) in [7, 11) is 0. The van der Waals surface area contributed by atoms with Crippen LogP contribution < -0.4 is 5.32 Å². The highest BCUT2D eigenvalue weighted by Gasteiger charge is 2.24. The lowest BCUT2D eigenvalue weighted by Gasteiger charge is -2.33. The lowest BCUT2D eigenvalue weighted by molar-refractivity contribution is 0.234. The molecule has 104 valence electrons. The smallest absolute Gasteiger partial charge is 0.0245 e. The third-order valence-electron chi connectivity index (χ3n) is 4.57. The molecule has 0 radical (unpaired) electrons. The predicted octanol–water partition coefficient (Wildman–Crippen LogP) is 2.99. The summed E-state index contributed by atoms with van der Waals surface area (Å²) in [5.74, 6) is 0.639. The van der Waals surface area contributed by atoms with E-state index in [4.69, 9.17) is 0 Å². The van der Waals surface area contributed by atoms with Gasteiger partial charge in [-0.15, -0.1) is 11.3 Å². The Kier molecular flexibility index (Phi) is 3.34. The van der Waals surface area contributed by atoms with Crippen molar-refractivity contribution in [2.45, 2.75) is 25.4 Å². The Hall–Kier alpha value is -1.16. The first-order chi connectivity index (χ1) is 9.90. The molecule has 2 aromatic rings. The molecule has 0 amide bonds. The minimum atomic E-state index is 0.639. The Balaban J connectivity index is 1.51. The molecule has 20 heavy (non-hydrogen) atoms. The summed E-state index contributed by atoms with van der Waals surface area (Å²) in [6.45, 7) is 5.67.